The molecule has 0 aliphatic carbocycles. The van der Waals surface area contributed by atoms with Gasteiger partial charge in [-0.15, -0.1) is 5.10 Å². The van der Waals surface area contributed by atoms with E-state index >= 15 is 0 Å². The number of nitrogens with zero attached hydrogens (tertiary/aromatic N) is 10. The van der Waals surface area contributed by atoms with Crippen molar-refractivity contribution < 1.29 is 53.2 Å². The second-order valence-corrected chi connectivity index (χ2v) is 13.4. The zero-order valence-corrected chi connectivity index (χ0v) is 31.0. The number of amides is 3. The molecule has 24 heteroatoms. The minimum absolute atomic E-state index is 0.0125. The van der Waals surface area contributed by atoms with Crippen molar-refractivity contribution in [2.24, 2.45) is 0 Å². The molecular weight excluding hydrogens is 767 g/mol. The Balaban J connectivity index is 0.000000234. The van der Waals surface area contributed by atoms with Crippen LogP contribution < -0.4 is 19.5 Å². The normalized spacial score (nSPS) is 12.2. The van der Waals surface area contributed by atoms with E-state index in [-0.39, 0.29) is 12.3 Å². The topological polar surface area (TPSA) is 183 Å². The molecule has 0 fully saturated rings. The summed E-state index contributed by atoms with van der Waals surface area (Å²) < 4.78 is 86.4. The van der Waals surface area contributed by atoms with Gasteiger partial charge in [0.2, 0.25) is 5.91 Å². The number of anilines is 1. The molecule has 1 N–H and O–H groups in total. The second-order valence-electron chi connectivity index (χ2n) is 11.4. The molecule has 0 radical (unpaired) electrons. The van der Waals surface area contributed by atoms with E-state index in [1.54, 1.807) is 57.8 Å². The van der Waals surface area contributed by atoms with Crippen LogP contribution in [-0.4, -0.2) is 104 Å². The molecule has 3 amide bonds. The molecule has 0 aliphatic rings. The van der Waals surface area contributed by atoms with Gasteiger partial charge in [-0.3, -0.25) is 19.6 Å². The van der Waals surface area contributed by atoms with Gasteiger partial charge in [-0.05, 0) is 35.7 Å². The molecule has 6 aromatic rings. The van der Waals surface area contributed by atoms with Crippen LogP contribution in [0.2, 0.25) is 0 Å². The van der Waals surface area contributed by atoms with Crippen molar-refractivity contribution in [1.82, 2.24) is 50.0 Å². The molecule has 0 atom stereocenters. The van der Waals surface area contributed by atoms with E-state index < -0.39 is 7.81 Å². The Labute approximate surface area is 307 Å². The number of aryl methyl sites for hydroxylation is 1. The number of ether oxygens (including phenoxy) is 3. The summed E-state index contributed by atoms with van der Waals surface area (Å²) in [6, 6.07) is 11.2. The van der Waals surface area contributed by atoms with Crippen molar-refractivity contribution in [2.75, 3.05) is 47.7 Å². The summed E-state index contributed by atoms with van der Waals surface area (Å²) in [4.78, 5) is 34.0. The number of pyridine rings is 2. The molecule has 17 nitrogen and oxygen atoms in total. The molecule has 0 unspecified atom stereocenters. The molecule has 1 aromatic carbocycles. The van der Waals surface area contributed by atoms with Gasteiger partial charge in [0.25, 0.3) is 5.65 Å². The van der Waals surface area contributed by atoms with Crippen LogP contribution in [0.25, 0.3) is 22.1 Å². The van der Waals surface area contributed by atoms with E-state index in [0.717, 1.165) is 5.39 Å². The number of benzene rings is 1. The SMILES string of the molecule is CN(C)C(=[O+]n1nnc2cccnc21)N(C)C.COc1cc2nccc(Oc3cnc(CC(=O)Nc4cc(C)on4)nc3)c2cc1OC.F[P-](F)(F)(F)(F)F. The third kappa shape index (κ3) is 13.2. The molecule has 5 aromatic heterocycles. The Bertz CT molecular complexity index is 2270. The number of carbonyl (C=O) groups excluding carboxylic acids is 2. The number of halogens is 6. The molecule has 0 bridgehead atoms. The van der Waals surface area contributed by atoms with Gasteiger partial charge in [0.1, 0.15) is 22.9 Å². The van der Waals surface area contributed by atoms with E-state index in [9.17, 15) is 30.0 Å². The predicted molar refractivity (Wildman–Crippen MR) is 188 cm³/mol. The molecule has 0 spiro atoms. The van der Waals surface area contributed by atoms with Crippen molar-refractivity contribution in [1.29, 1.82) is 0 Å². The first kappa shape index (κ1) is 41.4. The fraction of sp³-hybridized carbons (Fsp3) is 0.258. The number of rotatable bonds is 8. The second kappa shape index (κ2) is 15.9. The van der Waals surface area contributed by atoms with Crippen LogP contribution in [0.5, 0.6) is 23.0 Å². The third-order valence-corrected chi connectivity index (χ3v) is 6.44. The number of aromatic nitrogens is 8. The third-order valence-electron chi connectivity index (χ3n) is 6.44. The number of fused-ring (bicyclic) bond motifs is 2. The van der Waals surface area contributed by atoms with Gasteiger partial charge in [-0.25, -0.2) is 15.0 Å². The van der Waals surface area contributed by atoms with E-state index in [2.05, 4.69) is 40.7 Å². The van der Waals surface area contributed by atoms with E-state index in [4.69, 9.17) is 23.3 Å². The molecule has 0 saturated heterocycles. The first-order chi connectivity index (χ1) is 25.6. The van der Waals surface area contributed by atoms with Crippen LogP contribution in [0.1, 0.15) is 11.6 Å². The van der Waals surface area contributed by atoms with Crippen molar-refractivity contribution in [3.8, 4) is 23.0 Å². The van der Waals surface area contributed by atoms with Crippen LogP contribution in [-0.2, 0) is 11.2 Å². The van der Waals surface area contributed by atoms with Gasteiger partial charge >= 0.3 is 39.0 Å². The zero-order valence-electron chi connectivity index (χ0n) is 30.1. The molecule has 5 heterocycles. The number of nitrogens with one attached hydrogen (secondary N) is 1. The molecular formula is C31H34F6N11O6P. The van der Waals surface area contributed by atoms with Crippen LogP contribution >= 0.6 is 7.81 Å². The van der Waals surface area contributed by atoms with Gasteiger partial charge < -0.3 is 24.1 Å². The van der Waals surface area contributed by atoms with Gasteiger partial charge in [-0.1, -0.05) is 5.16 Å². The van der Waals surface area contributed by atoms with E-state index in [1.165, 1.54) is 17.2 Å². The van der Waals surface area contributed by atoms with Gasteiger partial charge in [0, 0.05) is 63.3 Å². The summed E-state index contributed by atoms with van der Waals surface area (Å²) in [5.74, 6) is 3.10. The summed E-state index contributed by atoms with van der Waals surface area (Å²) >= 11 is 0. The van der Waals surface area contributed by atoms with Gasteiger partial charge in [0.15, 0.2) is 27.9 Å². The standard InChI is InChI=1S/C21H19N5O5.C10H15N6O.F6P/c1-12-6-20(26-31-12)25-21(27)9-19-23-10-13(11-24-19)30-16-4-5-22-15-8-18(29-3)17(28-2)7-14(15)16;1-14(2)10(15(3)4)17-16-9-8(12-13-16)6-5-7-11-9;1-7(2,3,4,5)6/h4-8,10-11H,9H2,1-3H3,(H,25,26,27);5-7H,1-4H3;/q;+1;-1. The first-order valence-electron chi connectivity index (χ1n) is 15.5. The fourth-order valence-electron chi connectivity index (χ4n) is 4.35. The van der Waals surface area contributed by atoms with Crippen LogP contribution in [0.15, 0.2) is 65.7 Å². The summed E-state index contributed by atoms with van der Waals surface area (Å²) in [7, 11) is 0.0336. The van der Waals surface area contributed by atoms with E-state index in [0.29, 0.717) is 63.1 Å². The predicted octanol–water partition coefficient (Wildman–Crippen LogP) is 7.06. The maximum absolute atomic E-state index is 12.1. The summed E-state index contributed by atoms with van der Waals surface area (Å²) in [5.41, 5.74) is 1.98. The van der Waals surface area contributed by atoms with Crippen LogP contribution in [0, 0.1) is 6.92 Å². The Hall–Kier alpha value is -6.38. The van der Waals surface area contributed by atoms with Gasteiger partial charge in [0.05, 0.1) is 38.6 Å². The molecule has 0 saturated carbocycles. The monoisotopic (exact) mass is 801 g/mol. The Morgan fingerprint density at radius 3 is 2.09 bits per heavy atom. The Morgan fingerprint density at radius 2 is 1.51 bits per heavy atom. The Kier molecular flexibility index (Phi) is 12.0. The molecule has 55 heavy (non-hydrogen) atoms. The fourth-order valence-corrected chi connectivity index (χ4v) is 4.35. The van der Waals surface area contributed by atoms with E-state index in [1.807, 2.05) is 50.1 Å². The van der Waals surface area contributed by atoms with Crippen LogP contribution in [0.4, 0.5) is 35.5 Å². The molecule has 296 valence electrons. The summed E-state index contributed by atoms with van der Waals surface area (Å²) in [6.45, 7) is 1.74. The van der Waals surface area contributed by atoms with Crippen molar-refractivity contribution in [3.05, 3.63) is 72.8 Å². The number of methoxy groups -OCH3 is 2. The first-order valence-corrected chi connectivity index (χ1v) is 17.5. The number of carbonyl (C=O) groups is 1. The Morgan fingerprint density at radius 1 is 0.873 bits per heavy atom. The average molecular weight is 802 g/mol. The number of hydrogen-bond acceptors (Lipinski definition) is 12. The van der Waals surface area contributed by atoms with Crippen molar-refractivity contribution >= 4 is 47.6 Å². The number of urea groups is 1. The summed E-state index contributed by atoms with van der Waals surface area (Å²) in [5, 5.41) is 15.0. The minimum atomic E-state index is -10.7. The molecule has 0 aliphatic heterocycles. The maximum atomic E-state index is 12.1. The molecule has 6 rings (SSSR count). The number of hydrogen-bond donors (Lipinski definition) is 1. The van der Waals surface area contributed by atoms with Crippen molar-refractivity contribution in [2.45, 2.75) is 13.3 Å². The average Bonchev–Trinajstić information content (AvgIpc) is 3.71. The summed E-state index contributed by atoms with van der Waals surface area (Å²) in [6.07, 6.45) is 6.30. The zero-order chi connectivity index (χ0) is 40.6. The van der Waals surface area contributed by atoms with Crippen molar-refractivity contribution in [3.63, 3.8) is 0 Å². The van der Waals surface area contributed by atoms with Crippen LogP contribution in [0.3, 0.4) is 0 Å². The van der Waals surface area contributed by atoms with Gasteiger partial charge in [-0.2, -0.15) is 0 Å². The quantitative estimate of drug-likeness (QED) is 0.0941.